The van der Waals surface area contributed by atoms with Crippen molar-refractivity contribution < 1.29 is 4.74 Å². The molecule has 2 heteroatoms. The van der Waals surface area contributed by atoms with Crippen molar-refractivity contribution in [2.45, 2.75) is 13.3 Å². The second-order valence-corrected chi connectivity index (χ2v) is 2.58. The molecule has 0 atom stereocenters. The van der Waals surface area contributed by atoms with Gasteiger partial charge in [0.2, 0.25) is 0 Å². The van der Waals surface area contributed by atoms with E-state index in [2.05, 4.69) is 0 Å². The number of benzene rings is 1. The van der Waals surface area contributed by atoms with Gasteiger partial charge in [0.05, 0.1) is 0 Å². The highest BCUT2D eigenvalue weighted by Crippen LogP contribution is 2.16. The Labute approximate surface area is 71.9 Å². The Morgan fingerprint density at radius 1 is 1.36 bits per heavy atom. The second-order valence-electron chi connectivity index (χ2n) is 2.15. The molecule has 0 aliphatic heterocycles. The van der Waals surface area contributed by atoms with Gasteiger partial charge in [0.1, 0.15) is 12.4 Å². The highest BCUT2D eigenvalue weighted by molar-refractivity contribution is 6.30. The molecule has 0 saturated heterocycles. The molecule has 1 aromatic carbocycles. The third-order valence-corrected chi connectivity index (χ3v) is 1.45. The predicted molar refractivity (Wildman–Crippen MR) is 46.7 cm³/mol. The Balaban J connectivity index is 2.52. The zero-order valence-electron chi connectivity index (χ0n) is 6.38. The van der Waals surface area contributed by atoms with Gasteiger partial charge in [-0.25, -0.2) is 0 Å². The van der Waals surface area contributed by atoms with Crippen molar-refractivity contribution in [3.05, 3.63) is 35.9 Å². The molecule has 0 N–H and O–H groups in total. The maximum Gasteiger partial charge on any atom is 0.135 e. The Morgan fingerprint density at radius 2 is 2.00 bits per heavy atom. The van der Waals surface area contributed by atoms with Gasteiger partial charge in [-0.1, -0.05) is 18.5 Å². The lowest BCUT2D eigenvalue weighted by Crippen LogP contribution is -1.86. The van der Waals surface area contributed by atoms with Crippen molar-refractivity contribution in [1.29, 1.82) is 0 Å². The van der Waals surface area contributed by atoms with Crippen LogP contribution in [0.5, 0.6) is 5.75 Å². The third-order valence-electron chi connectivity index (χ3n) is 1.20. The van der Waals surface area contributed by atoms with E-state index in [1.807, 2.05) is 19.1 Å². The minimum absolute atomic E-state index is 0.730. The molecule has 0 fully saturated rings. The maximum atomic E-state index is 5.68. The van der Waals surface area contributed by atoms with E-state index in [1.54, 1.807) is 18.7 Å². The van der Waals surface area contributed by atoms with E-state index < -0.39 is 0 Å². The van der Waals surface area contributed by atoms with Gasteiger partial charge in [-0.2, -0.15) is 0 Å². The largest absolute Gasteiger partial charge is 0.487 e. The first kappa shape index (κ1) is 8.41. The van der Waals surface area contributed by atoms with Crippen LogP contribution in [0.25, 0.3) is 0 Å². The average molecular weight is 170 g/mol. The molecule has 0 heterocycles. The Kier molecular flexibility index (Phi) is 3.24. The van der Waals surface area contributed by atoms with Crippen LogP contribution in [0, 0.1) is 6.61 Å². The summed E-state index contributed by atoms with van der Waals surface area (Å²) in [4.78, 5) is 0. The quantitative estimate of drug-likeness (QED) is 0.675. The molecule has 11 heavy (non-hydrogen) atoms. The highest BCUT2D eigenvalue weighted by Gasteiger charge is 1.91. The molecule has 0 unspecified atom stereocenters. The number of halogens is 1. The first-order valence-corrected chi connectivity index (χ1v) is 3.94. The molecule has 0 aromatic heterocycles. The SMILES string of the molecule is CC[CH]Oc1ccc(Cl)cc1. The summed E-state index contributed by atoms with van der Waals surface area (Å²) in [7, 11) is 0. The molecule has 0 spiro atoms. The van der Waals surface area contributed by atoms with Gasteiger partial charge in [-0.3, -0.25) is 0 Å². The minimum Gasteiger partial charge on any atom is -0.487 e. The Morgan fingerprint density at radius 3 is 2.55 bits per heavy atom. The average Bonchev–Trinajstić information content (AvgIpc) is 2.04. The number of hydrogen-bond donors (Lipinski definition) is 0. The van der Waals surface area contributed by atoms with Gasteiger partial charge in [0.15, 0.2) is 0 Å². The summed E-state index contributed by atoms with van der Waals surface area (Å²) >= 11 is 5.68. The number of ether oxygens (including phenoxy) is 1. The number of hydrogen-bond acceptors (Lipinski definition) is 1. The normalized spacial score (nSPS) is 9.64. The molecular weight excluding hydrogens is 160 g/mol. The summed E-state index contributed by atoms with van der Waals surface area (Å²) in [5.41, 5.74) is 0. The fraction of sp³-hybridized carbons (Fsp3) is 0.222. The minimum atomic E-state index is 0.730. The molecule has 0 aliphatic carbocycles. The summed E-state index contributed by atoms with van der Waals surface area (Å²) in [6.45, 7) is 3.78. The van der Waals surface area contributed by atoms with Crippen molar-refractivity contribution >= 4 is 11.6 Å². The summed E-state index contributed by atoms with van der Waals surface area (Å²) in [5.74, 6) is 0.830. The Hall–Kier alpha value is -0.690. The van der Waals surface area contributed by atoms with Crippen LogP contribution < -0.4 is 4.74 Å². The predicted octanol–water partition coefficient (Wildman–Crippen LogP) is 3.29. The van der Waals surface area contributed by atoms with E-state index in [1.165, 1.54) is 0 Å². The standard InChI is InChI=1S/C9H10ClO/c1-2-7-11-9-5-3-8(10)4-6-9/h3-7H,2H2,1H3. The molecule has 59 valence electrons. The summed E-state index contributed by atoms with van der Waals surface area (Å²) in [5, 5.41) is 0.730. The molecular formula is C9H10ClO. The van der Waals surface area contributed by atoms with E-state index in [0.717, 1.165) is 17.2 Å². The van der Waals surface area contributed by atoms with Crippen LogP contribution in [-0.2, 0) is 0 Å². The lowest BCUT2D eigenvalue weighted by Gasteiger charge is -2.01. The molecule has 0 bridgehead atoms. The van der Waals surface area contributed by atoms with Crippen molar-refractivity contribution in [3.8, 4) is 5.75 Å². The van der Waals surface area contributed by atoms with Crippen LogP contribution in [0.2, 0.25) is 5.02 Å². The van der Waals surface area contributed by atoms with Crippen LogP contribution in [0.4, 0.5) is 0 Å². The first-order valence-electron chi connectivity index (χ1n) is 3.57. The van der Waals surface area contributed by atoms with Crippen molar-refractivity contribution in [3.63, 3.8) is 0 Å². The van der Waals surface area contributed by atoms with E-state index in [-0.39, 0.29) is 0 Å². The third kappa shape index (κ3) is 2.81. The zero-order chi connectivity index (χ0) is 8.10. The lowest BCUT2D eigenvalue weighted by atomic mass is 10.3. The van der Waals surface area contributed by atoms with E-state index in [0.29, 0.717) is 0 Å². The Bertz CT molecular complexity index is 205. The summed E-state index contributed by atoms with van der Waals surface area (Å²) in [6, 6.07) is 7.30. The topological polar surface area (TPSA) is 9.23 Å². The van der Waals surface area contributed by atoms with Crippen LogP contribution in [0.15, 0.2) is 24.3 Å². The molecule has 1 nitrogen and oxygen atoms in total. The molecule has 1 rings (SSSR count). The second kappa shape index (κ2) is 4.24. The molecule has 1 aromatic rings. The molecule has 0 amide bonds. The summed E-state index contributed by atoms with van der Waals surface area (Å²) in [6.07, 6.45) is 0.905. The van der Waals surface area contributed by atoms with Crippen molar-refractivity contribution in [2.24, 2.45) is 0 Å². The van der Waals surface area contributed by atoms with Crippen LogP contribution in [-0.4, -0.2) is 0 Å². The molecule has 1 radical (unpaired) electrons. The van der Waals surface area contributed by atoms with Crippen LogP contribution >= 0.6 is 11.6 Å². The van der Waals surface area contributed by atoms with Gasteiger partial charge in [-0.15, -0.1) is 0 Å². The van der Waals surface area contributed by atoms with Crippen molar-refractivity contribution in [2.75, 3.05) is 0 Å². The van der Waals surface area contributed by atoms with E-state index in [9.17, 15) is 0 Å². The van der Waals surface area contributed by atoms with E-state index >= 15 is 0 Å². The van der Waals surface area contributed by atoms with Gasteiger partial charge in [0.25, 0.3) is 0 Å². The fourth-order valence-corrected chi connectivity index (χ4v) is 0.819. The zero-order valence-corrected chi connectivity index (χ0v) is 7.14. The molecule has 0 aliphatic rings. The van der Waals surface area contributed by atoms with Crippen molar-refractivity contribution in [1.82, 2.24) is 0 Å². The first-order chi connectivity index (χ1) is 5.33. The van der Waals surface area contributed by atoms with Gasteiger partial charge in [-0.05, 0) is 30.7 Å². The van der Waals surface area contributed by atoms with Gasteiger partial charge >= 0.3 is 0 Å². The van der Waals surface area contributed by atoms with Gasteiger partial charge in [0, 0.05) is 5.02 Å². The van der Waals surface area contributed by atoms with Gasteiger partial charge < -0.3 is 4.74 Å². The number of rotatable bonds is 3. The highest BCUT2D eigenvalue weighted by atomic mass is 35.5. The lowest BCUT2D eigenvalue weighted by molar-refractivity contribution is 0.397. The van der Waals surface area contributed by atoms with E-state index in [4.69, 9.17) is 16.3 Å². The molecule has 0 saturated carbocycles. The summed E-state index contributed by atoms with van der Waals surface area (Å²) < 4.78 is 5.23. The van der Waals surface area contributed by atoms with Crippen LogP contribution in [0.3, 0.4) is 0 Å². The fourth-order valence-electron chi connectivity index (χ4n) is 0.693. The monoisotopic (exact) mass is 169 g/mol. The smallest absolute Gasteiger partial charge is 0.135 e. The van der Waals surface area contributed by atoms with Crippen LogP contribution in [0.1, 0.15) is 13.3 Å². The maximum absolute atomic E-state index is 5.68.